The van der Waals surface area contributed by atoms with Crippen molar-refractivity contribution in [2.24, 2.45) is 0 Å². The smallest absolute Gasteiger partial charge is 0.307 e. The average molecular weight is 418 g/mol. The predicted molar refractivity (Wildman–Crippen MR) is 117 cm³/mol. The Hall–Kier alpha value is -3.67. The van der Waals surface area contributed by atoms with Crippen molar-refractivity contribution in [3.8, 4) is 5.75 Å². The lowest BCUT2D eigenvalue weighted by Crippen LogP contribution is -2.33. The van der Waals surface area contributed by atoms with E-state index in [0.29, 0.717) is 31.1 Å². The van der Waals surface area contributed by atoms with Crippen LogP contribution in [0.2, 0.25) is 0 Å². The summed E-state index contributed by atoms with van der Waals surface area (Å²) in [7, 11) is 0. The second kappa shape index (κ2) is 11.5. The van der Waals surface area contributed by atoms with Crippen LogP contribution in [0.15, 0.2) is 79.1 Å². The first-order valence-electron chi connectivity index (χ1n) is 10.3. The van der Waals surface area contributed by atoms with Crippen LogP contribution < -0.4 is 4.74 Å². The molecule has 0 atom stereocenters. The second-order valence-electron chi connectivity index (χ2n) is 6.94. The molecular weight excluding hydrogens is 392 g/mol. The lowest BCUT2D eigenvalue weighted by molar-refractivity contribution is -0.143. The van der Waals surface area contributed by atoms with Crippen LogP contribution in [-0.4, -0.2) is 34.9 Å². The third kappa shape index (κ3) is 6.96. The van der Waals surface area contributed by atoms with Crippen molar-refractivity contribution in [1.82, 2.24) is 9.88 Å². The van der Waals surface area contributed by atoms with Crippen molar-refractivity contribution in [1.29, 1.82) is 0 Å². The van der Waals surface area contributed by atoms with E-state index in [1.807, 2.05) is 42.5 Å². The molecule has 0 aliphatic carbocycles. The van der Waals surface area contributed by atoms with E-state index >= 15 is 0 Å². The molecule has 0 saturated heterocycles. The largest absolute Gasteiger partial charge is 0.489 e. The van der Waals surface area contributed by atoms with E-state index in [1.165, 1.54) is 0 Å². The number of amides is 1. The van der Waals surface area contributed by atoms with Gasteiger partial charge in [-0.2, -0.15) is 0 Å². The highest BCUT2D eigenvalue weighted by Gasteiger charge is 2.18. The Kier molecular flexibility index (Phi) is 8.17. The summed E-state index contributed by atoms with van der Waals surface area (Å²) in [5.41, 5.74) is 2.49. The molecule has 0 aliphatic heterocycles. The van der Waals surface area contributed by atoms with Crippen LogP contribution >= 0.6 is 0 Å². The Balaban J connectivity index is 1.66. The number of hydrogen-bond donors (Lipinski definition) is 0. The molecule has 0 spiro atoms. The van der Waals surface area contributed by atoms with Crippen molar-refractivity contribution in [3.63, 3.8) is 0 Å². The Labute approximate surface area is 182 Å². The molecule has 1 heterocycles. The maximum Gasteiger partial charge on any atom is 0.307 e. The van der Waals surface area contributed by atoms with Gasteiger partial charge in [0.1, 0.15) is 12.4 Å². The van der Waals surface area contributed by atoms with Crippen molar-refractivity contribution in [2.75, 3.05) is 13.2 Å². The molecule has 1 aromatic heterocycles. The van der Waals surface area contributed by atoms with Crippen LogP contribution in [0.4, 0.5) is 0 Å². The number of carbonyl (C=O) groups is 2. The molecule has 1 amide bonds. The first-order chi connectivity index (χ1) is 15.2. The zero-order valence-corrected chi connectivity index (χ0v) is 17.6. The molecule has 6 heteroatoms. The van der Waals surface area contributed by atoms with Crippen LogP contribution in [0, 0.1) is 0 Å². The highest BCUT2D eigenvalue weighted by molar-refractivity contribution is 5.94. The molecule has 2 aromatic carbocycles. The summed E-state index contributed by atoms with van der Waals surface area (Å²) in [5, 5.41) is 0. The molecule has 0 aliphatic rings. The summed E-state index contributed by atoms with van der Waals surface area (Å²) in [4.78, 5) is 30.7. The third-order valence-electron chi connectivity index (χ3n) is 4.62. The Bertz CT molecular complexity index is 960. The van der Waals surface area contributed by atoms with Crippen LogP contribution in [0.25, 0.3) is 0 Å². The molecule has 0 unspecified atom stereocenters. The number of carbonyl (C=O) groups excluding carboxylic acids is 2. The summed E-state index contributed by atoms with van der Waals surface area (Å²) in [5.74, 6) is 0.199. The molecule has 3 rings (SSSR count). The fourth-order valence-electron chi connectivity index (χ4n) is 3.04. The van der Waals surface area contributed by atoms with E-state index in [9.17, 15) is 9.59 Å². The van der Waals surface area contributed by atoms with Gasteiger partial charge >= 0.3 is 5.97 Å². The quantitative estimate of drug-likeness (QED) is 0.460. The summed E-state index contributed by atoms with van der Waals surface area (Å²) in [6.07, 6.45) is 3.53. The third-order valence-corrected chi connectivity index (χ3v) is 4.62. The van der Waals surface area contributed by atoms with E-state index < -0.39 is 0 Å². The van der Waals surface area contributed by atoms with Gasteiger partial charge in [-0.1, -0.05) is 36.4 Å². The van der Waals surface area contributed by atoms with Gasteiger partial charge in [0.25, 0.3) is 5.91 Å². The van der Waals surface area contributed by atoms with Gasteiger partial charge < -0.3 is 14.4 Å². The summed E-state index contributed by atoms with van der Waals surface area (Å²) in [6.45, 7) is 3.16. The summed E-state index contributed by atoms with van der Waals surface area (Å²) < 4.78 is 10.8. The van der Waals surface area contributed by atoms with Crippen molar-refractivity contribution in [3.05, 3.63) is 95.8 Å². The van der Waals surface area contributed by atoms with E-state index in [-0.39, 0.29) is 24.8 Å². The minimum Gasteiger partial charge on any atom is -0.489 e. The summed E-state index contributed by atoms with van der Waals surface area (Å²) >= 11 is 0. The normalized spacial score (nSPS) is 10.4. The van der Waals surface area contributed by atoms with E-state index in [2.05, 4.69) is 4.98 Å². The zero-order valence-electron chi connectivity index (χ0n) is 17.6. The second-order valence-corrected chi connectivity index (χ2v) is 6.94. The standard InChI is InChI=1S/C25H26N2O4/c1-2-30-24(28)14-16-27(18-21-9-6-15-26-17-21)25(29)22-10-12-23(13-11-22)31-19-20-7-4-3-5-8-20/h3-13,15,17H,2,14,16,18-19H2,1H3. The van der Waals surface area contributed by atoms with E-state index in [1.54, 1.807) is 48.5 Å². The predicted octanol–water partition coefficient (Wildman–Crippen LogP) is 4.26. The van der Waals surface area contributed by atoms with Crippen LogP contribution in [-0.2, 0) is 22.7 Å². The van der Waals surface area contributed by atoms with Crippen molar-refractivity contribution in [2.45, 2.75) is 26.5 Å². The topological polar surface area (TPSA) is 68.7 Å². The molecular formula is C25H26N2O4. The van der Waals surface area contributed by atoms with Crippen molar-refractivity contribution >= 4 is 11.9 Å². The summed E-state index contributed by atoms with van der Waals surface area (Å²) in [6, 6.07) is 20.7. The first kappa shape index (κ1) is 22.0. The van der Waals surface area contributed by atoms with Gasteiger partial charge in [0.05, 0.1) is 13.0 Å². The van der Waals surface area contributed by atoms with E-state index in [0.717, 1.165) is 11.1 Å². The highest BCUT2D eigenvalue weighted by Crippen LogP contribution is 2.17. The van der Waals surface area contributed by atoms with Gasteiger partial charge in [0.15, 0.2) is 0 Å². The average Bonchev–Trinajstić information content (AvgIpc) is 2.82. The minimum absolute atomic E-state index is 0.137. The van der Waals surface area contributed by atoms with Gasteiger partial charge in [0, 0.05) is 31.0 Å². The molecule has 3 aromatic rings. The highest BCUT2D eigenvalue weighted by atomic mass is 16.5. The monoisotopic (exact) mass is 418 g/mol. The number of ether oxygens (including phenoxy) is 2. The minimum atomic E-state index is -0.323. The zero-order chi connectivity index (χ0) is 21.9. The number of nitrogens with zero attached hydrogens (tertiary/aromatic N) is 2. The van der Waals surface area contributed by atoms with Gasteiger partial charge in [-0.25, -0.2) is 0 Å². The van der Waals surface area contributed by atoms with Crippen LogP contribution in [0.5, 0.6) is 5.75 Å². The van der Waals surface area contributed by atoms with E-state index in [4.69, 9.17) is 9.47 Å². The van der Waals surface area contributed by atoms with Gasteiger partial charge in [0.2, 0.25) is 0 Å². The molecule has 0 N–H and O–H groups in total. The molecule has 0 bridgehead atoms. The lowest BCUT2D eigenvalue weighted by Gasteiger charge is -2.22. The van der Waals surface area contributed by atoms with Crippen LogP contribution in [0.3, 0.4) is 0 Å². The SMILES string of the molecule is CCOC(=O)CCN(Cc1cccnc1)C(=O)c1ccc(OCc2ccccc2)cc1. The number of aromatic nitrogens is 1. The first-order valence-corrected chi connectivity index (χ1v) is 10.3. The van der Waals surface area contributed by atoms with Gasteiger partial charge in [-0.15, -0.1) is 0 Å². The van der Waals surface area contributed by atoms with Gasteiger partial charge in [-0.05, 0) is 48.4 Å². The number of esters is 1. The maximum absolute atomic E-state index is 13.1. The molecule has 31 heavy (non-hydrogen) atoms. The molecule has 0 radical (unpaired) electrons. The number of benzene rings is 2. The van der Waals surface area contributed by atoms with Crippen molar-refractivity contribution < 1.29 is 19.1 Å². The Morgan fingerprint density at radius 3 is 2.35 bits per heavy atom. The fourth-order valence-corrected chi connectivity index (χ4v) is 3.04. The maximum atomic E-state index is 13.1. The fraction of sp³-hybridized carbons (Fsp3) is 0.240. The number of pyridine rings is 1. The lowest BCUT2D eigenvalue weighted by atomic mass is 10.1. The molecule has 6 nitrogen and oxygen atoms in total. The Morgan fingerprint density at radius 2 is 1.68 bits per heavy atom. The molecule has 0 fully saturated rings. The Morgan fingerprint density at radius 1 is 0.935 bits per heavy atom. The number of rotatable bonds is 10. The molecule has 0 saturated carbocycles. The number of hydrogen-bond acceptors (Lipinski definition) is 5. The molecule has 160 valence electrons. The van der Waals surface area contributed by atoms with Gasteiger partial charge in [-0.3, -0.25) is 14.6 Å². The van der Waals surface area contributed by atoms with Crippen LogP contribution in [0.1, 0.15) is 34.8 Å².